The molecule has 0 amide bonds. The second-order valence-corrected chi connectivity index (χ2v) is 4.35. The smallest absolute Gasteiger partial charge is 0.433 e. The molecule has 19 heavy (non-hydrogen) atoms. The number of fused-ring (bicyclic) bond motifs is 1. The van der Waals surface area contributed by atoms with E-state index in [1.807, 2.05) is 0 Å². The van der Waals surface area contributed by atoms with Gasteiger partial charge < -0.3 is 4.74 Å². The van der Waals surface area contributed by atoms with Gasteiger partial charge in [-0.1, -0.05) is 24.3 Å². The van der Waals surface area contributed by atoms with Crippen LogP contribution >= 0.6 is 0 Å². The van der Waals surface area contributed by atoms with Gasteiger partial charge in [-0.25, -0.2) is 9.48 Å². The highest BCUT2D eigenvalue weighted by Gasteiger charge is 2.18. The van der Waals surface area contributed by atoms with Gasteiger partial charge in [-0.2, -0.15) is 4.68 Å². The summed E-state index contributed by atoms with van der Waals surface area (Å²) in [7, 11) is 0. The van der Waals surface area contributed by atoms with Crippen molar-refractivity contribution in [2.75, 3.05) is 6.61 Å². The topological polar surface area (TPSA) is 53.2 Å². The Morgan fingerprint density at radius 2 is 2.05 bits per heavy atom. The van der Waals surface area contributed by atoms with Crippen LogP contribution in [0.3, 0.4) is 0 Å². The Kier molecular flexibility index (Phi) is 3.55. The Balaban J connectivity index is 2.73. The molecule has 1 aromatic heterocycles. The van der Waals surface area contributed by atoms with Gasteiger partial charge in [0, 0.05) is 0 Å². The first-order valence-corrected chi connectivity index (χ1v) is 6.08. The van der Waals surface area contributed by atoms with Gasteiger partial charge >= 0.3 is 6.09 Å². The lowest BCUT2D eigenvalue weighted by molar-refractivity contribution is 0.147. The van der Waals surface area contributed by atoms with Crippen LogP contribution in [-0.4, -0.2) is 22.1 Å². The molecule has 0 atom stereocenters. The maximum atomic E-state index is 12.3. The monoisotopic (exact) mass is 260 g/mol. The maximum Gasteiger partial charge on any atom is 0.433 e. The van der Waals surface area contributed by atoms with Gasteiger partial charge in [-0.3, -0.25) is 4.79 Å². The van der Waals surface area contributed by atoms with E-state index in [0.717, 1.165) is 5.57 Å². The average molecular weight is 260 g/mol. The third-order valence-electron chi connectivity index (χ3n) is 2.70. The first kappa shape index (κ1) is 13.1. The number of rotatable bonds is 3. The van der Waals surface area contributed by atoms with Crippen LogP contribution in [0.4, 0.5) is 4.79 Å². The minimum absolute atomic E-state index is 0.216. The molecule has 2 aromatic rings. The van der Waals surface area contributed by atoms with E-state index in [9.17, 15) is 9.59 Å². The molecule has 1 heterocycles. The summed E-state index contributed by atoms with van der Waals surface area (Å²) in [6.07, 6.45) is -0.554. The van der Waals surface area contributed by atoms with Crippen molar-refractivity contribution in [1.29, 1.82) is 0 Å². The van der Waals surface area contributed by atoms with E-state index in [1.54, 1.807) is 38.1 Å². The number of carbonyl (C=O) groups is 1. The van der Waals surface area contributed by atoms with Crippen molar-refractivity contribution in [3.8, 4) is 0 Å². The first-order chi connectivity index (χ1) is 9.06. The number of ether oxygens (including phenoxy) is 1. The van der Waals surface area contributed by atoms with E-state index in [0.29, 0.717) is 10.9 Å². The molecule has 1 aromatic carbocycles. The van der Waals surface area contributed by atoms with Crippen LogP contribution in [0.1, 0.15) is 13.8 Å². The molecule has 0 N–H and O–H groups in total. The van der Waals surface area contributed by atoms with Gasteiger partial charge in [0.2, 0.25) is 0 Å². The zero-order valence-electron chi connectivity index (χ0n) is 11.0. The quantitative estimate of drug-likeness (QED) is 0.796. The summed E-state index contributed by atoms with van der Waals surface area (Å²) in [4.78, 5) is 24.3. The Labute approximate surface area is 110 Å². The number of hydrogen-bond donors (Lipinski definition) is 0. The van der Waals surface area contributed by atoms with Crippen molar-refractivity contribution < 1.29 is 9.53 Å². The standard InChI is InChI=1S/C14H16N2O3/c1-4-19-14(18)16-12-8-6-5-7-11(12)13(17)15(16)9-10(2)3/h5-8H,2,4,9H2,1,3H3. The molecule has 0 saturated carbocycles. The van der Waals surface area contributed by atoms with E-state index in [1.165, 1.54) is 9.36 Å². The molecular formula is C14H16N2O3. The predicted molar refractivity (Wildman–Crippen MR) is 73.4 cm³/mol. The molecule has 0 saturated heterocycles. The van der Waals surface area contributed by atoms with Gasteiger partial charge in [0.25, 0.3) is 5.56 Å². The fourth-order valence-corrected chi connectivity index (χ4v) is 1.98. The van der Waals surface area contributed by atoms with Gasteiger partial charge in [0.15, 0.2) is 0 Å². The second kappa shape index (κ2) is 5.14. The summed E-state index contributed by atoms with van der Waals surface area (Å²) >= 11 is 0. The summed E-state index contributed by atoms with van der Waals surface area (Å²) in [5.41, 5.74) is 1.12. The zero-order chi connectivity index (χ0) is 14.0. The van der Waals surface area contributed by atoms with Crippen LogP contribution in [0.2, 0.25) is 0 Å². The van der Waals surface area contributed by atoms with Crippen molar-refractivity contribution in [1.82, 2.24) is 9.36 Å². The van der Waals surface area contributed by atoms with Crippen LogP contribution in [0, 0.1) is 0 Å². The summed E-state index contributed by atoms with van der Waals surface area (Å²) < 4.78 is 7.63. The molecule has 2 rings (SSSR count). The van der Waals surface area contributed by atoms with Gasteiger partial charge in [0.1, 0.15) is 0 Å². The summed E-state index contributed by atoms with van der Waals surface area (Å²) in [6, 6.07) is 6.97. The molecule has 100 valence electrons. The van der Waals surface area contributed by atoms with Crippen LogP contribution < -0.4 is 5.56 Å². The highest BCUT2D eigenvalue weighted by atomic mass is 16.6. The van der Waals surface area contributed by atoms with Crippen molar-refractivity contribution in [2.24, 2.45) is 0 Å². The number of para-hydroxylation sites is 1. The highest BCUT2D eigenvalue weighted by Crippen LogP contribution is 2.12. The summed E-state index contributed by atoms with van der Waals surface area (Å²) in [5.74, 6) is 0. The molecule has 0 radical (unpaired) electrons. The molecule has 0 aliphatic heterocycles. The van der Waals surface area contributed by atoms with Crippen molar-refractivity contribution in [3.63, 3.8) is 0 Å². The number of aromatic nitrogens is 2. The van der Waals surface area contributed by atoms with Crippen LogP contribution in [0.5, 0.6) is 0 Å². The minimum Gasteiger partial charge on any atom is -0.448 e. The van der Waals surface area contributed by atoms with E-state index in [4.69, 9.17) is 4.74 Å². The van der Waals surface area contributed by atoms with Crippen molar-refractivity contribution in [2.45, 2.75) is 20.4 Å². The lowest BCUT2D eigenvalue weighted by Gasteiger charge is -2.10. The van der Waals surface area contributed by atoms with Crippen LogP contribution in [0.25, 0.3) is 10.9 Å². The Morgan fingerprint density at radius 3 is 2.68 bits per heavy atom. The summed E-state index contributed by atoms with van der Waals surface area (Å²) in [6.45, 7) is 7.86. The average Bonchev–Trinajstić information content (AvgIpc) is 2.63. The fraction of sp³-hybridized carbons (Fsp3) is 0.286. The molecule has 0 aliphatic carbocycles. The Hall–Kier alpha value is -2.30. The number of allylic oxidation sites excluding steroid dienone is 1. The molecule has 0 fully saturated rings. The predicted octanol–water partition coefficient (Wildman–Crippen LogP) is 2.38. The van der Waals surface area contributed by atoms with Crippen molar-refractivity contribution >= 4 is 17.0 Å². The second-order valence-electron chi connectivity index (χ2n) is 4.35. The third kappa shape index (κ3) is 2.31. The molecule has 0 unspecified atom stereocenters. The van der Waals surface area contributed by atoms with E-state index in [-0.39, 0.29) is 18.7 Å². The van der Waals surface area contributed by atoms with Gasteiger partial charge in [0.05, 0.1) is 24.1 Å². The fourth-order valence-electron chi connectivity index (χ4n) is 1.98. The summed E-state index contributed by atoms with van der Waals surface area (Å²) in [5, 5.41) is 0.497. The lowest BCUT2D eigenvalue weighted by atomic mass is 10.2. The normalized spacial score (nSPS) is 10.6. The van der Waals surface area contributed by atoms with E-state index < -0.39 is 6.09 Å². The number of hydrogen-bond acceptors (Lipinski definition) is 3. The molecule has 0 spiro atoms. The van der Waals surface area contributed by atoms with Gasteiger partial charge in [-0.15, -0.1) is 0 Å². The molecule has 5 nitrogen and oxygen atoms in total. The highest BCUT2D eigenvalue weighted by molar-refractivity contribution is 5.87. The zero-order valence-corrected chi connectivity index (χ0v) is 11.0. The molecular weight excluding hydrogens is 244 g/mol. The van der Waals surface area contributed by atoms with E-state index >= 15 is 0 Å². The Bertz CT molecular complexity index is 694. The third-order valence-corrected chi connectivity index (χ3v) is 2.70. The SMILES string of the molecule is C=C(C)Cn1c(=O)c2ccccc2n1C(=O)OCC. The largest absolute Gasteiger partial charge is 0.448 e. The van der Waals surface area contributed by atoms with E-state index in [2.05, 4.69) is 6.58 Å². The lowest BCUT2D eigenvalue weighted by Crippen LogP contribution is -2.28. The maximum absolute atomic E-state index is 12.3. The van der Waals surface area contributed by atoms with Gasteiger partial charge in [-0.05, 0) is 26.0 Å². The number of nitrogens with zero attached hydrogens (tertiary/aromatic N) is 2. The van der Waals surface area contributed by atoms with Crippen LogP contribution in [0.15, 0.2) is 41.2 Å². The first-order valence-electron chi connectivity index (χ1n) is 6.08. The Morgan fingerprint density at radius 1 is 1.37 bits per heavy atom. The molecule has 0 aliphatic rings. The van der Waals surface area contributed by atoms with Crippen molar-refractivity contribution in [3.05, 3.63) is 46.8 Å². The minimum atomic E-state index is -0.554. The molecule has 5 heteroatoms. The number of carbonyl (C=O) groups excluding carboxylic acids is 1. The van der Waals surface area contributed by atoms with Crippen LogP contribution in [-0.2, 0) is 11.3 Å². The molecule has 0 bridgehead atoms. The number of benzene rings is 1.